The summed E-state index contributed by atoms with van der Waals surface area (Å²) in [5, 5.41) is 0. The topological polar surface area (TPSA) is 57.7 Å². The standard InChI is InChI=1S/C14H28N2O3S/c1-5-13-8-6-7-10-15(13)14(17)9-11-16(12(2)3)20(4,18)19/h12-13H,5-11H2,1-4H3. The number of nitrogens with zero attached hydrogens (tertiary/aromatic N) is 2. The van der Waals surface area contributed by atoms with Gasteiger partial charge < -0.3 is 4.90 Å². The summed E-state index contributed by atoms with van der Waals surface area (Å²) >= 11 is 0. The van der Waals surface area contributed by atoms with Crippen molar-refractivity contribution in [2.45, 2.75) is 65.0 Å². The van der Waals surface area contributed by atoms with Crippen LogP contribution in [-0.2, 0) is 14.8 Å². The largest absolute Gasteiger partial charge is 0.340 e. The van der Waals surface area contributed by atoms with Crippen LogP contribution in [0.5, 0.6) is 0 Å². The van der Waals surface area contributed by atoms with Crippen LogP contribution in [0.4, 0.5) is 0 Å². The van der Waals surface area contributed by atoms with E-state index in [4.69, 9.17) is 0 Å². The van der Waals surface area contributed by atoms with E-state index in [0.29, 0.717) is 6.04 Å². The van der Waals surface area contributed by atoms with Crippen LogP contribution >= 0.6 is 0 Å². The van der Waals surface area contributed by atoms with Gasteiger partial charge in [0, 0.05) is 31.6 Å². The van der Waals surface area contributed by atoms with E-state index in [1.54, 1.807) is 0 Å². The van der Waals surface area contributed by atoms with Crippen LogP contribution in [0.25, 0.3) is 0 Å². The van der Waals surface area contributed by atoms with E-state index in [-0.39, 0.29) is 24.9 Å². The Morgan fingerprint density at radius 3 is 2.50 bits per heavy atom. The Balaban J connectivity index is 2.61. The van der Waals surface area contributed by atoms with Crippen LogP contribution in [0.2, 0.25) is 0 Å². The minimum Gasteiger partial charge on any atom is -0.340 e. The number of sulfonamides is 1. The van der Waals surface area contributed by atoms with Crippen LogP contribution < -0.4 is 0 Å². The maximum atomic E-state index is 12.3. The highest BCUT2D eigenvalue weighted by Crippen LogP contribution is 2.20. The predicted molar refractivity (Wildman–Crippen MR) is 80.9 cm³/mol. The van der Waals surface area contributed by atoms with Crippen molar-refractivity contribution in [3.8, 4) is 0 Å². The SMILES string of the molecule is CCC1CCCCN1C(=O)CCN(C(C)C)S(C)(=O)=O. The van der Waals surface area contributed by atoms with Crippen molar-refractivity contribution in [2.75, 3.05) is 19.3 Å². The Morgan fingerprint density at radius 1 is 1.35 bits per heavy atom. The number of hydrogen-bond acceptors (Lipinski definition) is 3. The van der Waals surface area contributed by atoms with Crippen LogP contribution in [-0.4, -0.2) is 55.0 Å². The molecule has 1 fully saturated rings. The lowest BCUT2D eigenvalue weighted by Crippen LogP contribution is -2.45. The molecule has 0 aromatic heterocycles. The molecule has 1 heterocycles. The molecule has 0 radical (unpaired) electrons. The summed E-state index contributed by atoms with van der Waals surface area (Å²) in [6.45, 7) is 6.87. The Kier molecular flexibility index (Phi) is 6.45. The molecule has 1 aliphatic rings. The molecule has 0 aliphatic carbocycles. The van der Waals surface area contributed by atoms with E-state index in [1.807, 2.05) is 18.7 Å². The van der Waals surface area contributed by atoms with E-state index < -0.39 is 10.0 Å². The maximum absolute atomic E-state index is 12.3. The van der Waals surface area contributed by atoms with Gasteiger partial charge in [-0.3, -0.25) is 4.79 Å². The minimum atomic E-state index is -3.25. The Labute approximate surface area is 123 Å². The van der Waals surface area contributed by atoms with Crippen molar-refractivity contribution < 1.29 is 13.2 Å². The van der Waals surface area contributed by atoms with Crippen LogP contribution in [0.15, 0.2) is 0 Å². The summed E-state index contributed by atoms with van der Waals surface area (Å²) in [7, 11) is -3.25. The molecule has 6 heteroatoms. The molecule has 1 atom stereocenters. The average Bonchev–Trinajstić information content (AvgIpc) is 2.36. The fraction of sp³-hybridized carbons (Fsp3) is 0.929. The van der Waals surface area contributed by atoms with Gasteiger partial charge in [-0.1, -0.05) is 6.92 Å². The van der Waals surface area contributed by atoms with Gasteiger partial charge in [0.1, 0.15) is 0 Å². The van der Waals surface area contributed by atoms with Gasteiger partial charge >= 0.3 is 0 Å². The highest BCUT2D eigenvalue weighted by molar-refractivity contribution is 7.88. The smallest absolute Gasteiger partial charge is 0.224 e. The number of carbonyl (C=O) groups is 1. The average molecular weight is 304 g/mol. The van der Waals surface area contributed by atoms with Crippen molar-refractivity contribution in [1.29, 1.82) is 0 Å². The number of carbonyl (C=O) groups excluding carboxylic acids is 1. The first kappa shape index (κ1) is 17.4. The zero-order chi connectivity index (χ0) is 15.3. The molecular formula is C14H28N2O3S. The second kappa shape index (κ2) is 7.41. The maximum Gasteiger partial charge on any atom is 0.224 e. The summed E-state index contributed by atoms with van der Waals surface area (Å²) in [4.78, 5) is 14.3. The Bertz CT molecular complexity index is 420. The quantitative estimate of drug-likeness (QED) is 0.752. The predicted octanol–water partition coefficient (Wildman–Crippen LogP) is 1.84. The summed E-state index contributed by atoms with van der Waals surface area (Å²) in [5.74, 6) is 0.0888. The number of hydrogen-bond donors (Lipinski definition) is 0. The third kappa shape index (κ3) is 4.74. The van der Waals surface area contributed by atoms with Crippen molar-refractivity contribution in [3.63, 3.8) is 0 Å². The van der Waals surface area contributed by atoms with E-state index >= 15 is 0 Å². The molecule has 1 unspecified atom stereocenters. The summed E-state index contributed by atoms with van der Waals surface area (Å²) in [6.07, 6.45) is 5.77. The first-order chi connectivity index (χ1) is 9.27. The molecule has 0 spiro atoms. The van der Waals surface area contributed by atoms with Crippen LogP contribution in [0.3, 0.4) is 0 Å². The van der Waals surface area contributed by atoms with E-state index in [2.05, 4.69) is 6.92 Å². The summed E-state index contributed by atoms with van der Waals surface area (Å²) in [5.41, 5.74) is 0. The lowest BCUT2D eigenvalue weighted by atomic mass is 9.99. The zero-order valence-electron chi connectivity index (χ0n) is 13.1. The number of rotatable bonds is 6. The number of amides is 1. The molecule has 0 N–H and O–H groups in total. The van der Waals surface area contributed by atoms with Gasteiger partial charge in [0.25, 0.3) is 0 Å². The van der Waals surface area contributed by atoms with Crippen molar-refractivity contribution in [2.24, 2.45) is 0 Å². The van der Waals surface area contributed by atoms with E-state index in [0.717, 1.165) is 25.8 Å². The van der Waals surface area contributed by atoms with Crippen LogP contribution in [0.1, 0.15) is 52.9 Å². The highest BCUT2D eigenvalue weighted by Gasteiger charge is 2.27. The minimum absolute atomic E-state index is 0.0888. The molecule has 1 rings (SSSR count). The van der Waals surface area contributed by atoms with E-state index in [1.165, 1.54) is 17.0 Å². The lowest BCUT2D eigenvalue weighted by molar-refractivity contribution is -0.135. The van der Waals surface area contributed by atoms with Crippen molar-refractivity contribution in [1.82, 2.24) is 9.21 Å². The molecule has 118 valence electrons. The molecule has 0 saturated carbocycles. The Morgan fingerprint density at radius 2 is 2.00 bits per heavy atom. The molecule has 0 aromatic rings. The fourth-order valence-electron chi connectivity index (χ4n) is 2.91. The van der Waals surface area contributed by atoms with Gasteiger partial charge in [-0.2, -0.15) is 4.31 Å². The molecule has 20 heavy (non-hydrogen) atoms. The zero-order valence-corrected chi connectivity index (χ0v) is 13.9. The van der Waals surface area contributed by atoms with Gasteiger partial charge in [-0.05, 0) is 39.5 Å². The van der Waals surface area contributed by atoms with Crippen molar-refractivity contribution >= 4 is 15.9 Å². The molecule has 5 nitrogen and oxygen atoms in total. The molecular weight excluding hydrogens is 276 g/mol. The fourth-order valence-corrected chi connectivity index (χ4v) is 4.10. The van der Waals surface area contributed by atoms with Crippen LogP contribution in [0, 0.1) is 0 Å². The summed E-state index contributed by atoms with van der Waals surface area (Å²) in [6, 6.07) is 0.225. The van der Waals surface area contributed by atoms with Crippen molar-refractivity contribution in [3.05, 3.63) is 0 Å². The number of piperidine rings is 1. The highest BCUT2D eigenvalue weighted by atomic mass is 32.2. The molecule has 0 bridgehead atoms. The normalized spacial score (nSPS) is 20.7. The molecule has 1 amide bonds. The first-order valence-corrected chi connectivity index (χ1v) is 9.38. The molecule has 1 saturated heterocycles. The van der Waals surface area contributed by atoms with Gasteiger partial charge in [0.15, 0.2) is 0 Å². The Hall–Kier alpha value is -0.620. The first-order valence-electron chi connectivity index (χ1n) is 7.53. The molecule has 0 aromatic carbocycles. The van der Waals surface area contributed by atoms with Gasteiger partial charge in [-0.15, -0.1) is 0 Å². The third-order valence-corrected chi connectivity index (χ3v) is 5.42. The second-order valence-corrected chi connectivity index (χ2v) is 7.80. The van der Waals surface area contributed by atoms with Gasteiger partial charge in [0.05, 0.1) is 6.26 Å². The van der Waals surface area contributed by atoms with E-state index in [9.17, 15) is 13.2 Å². The van der Waals surface area contributed by atoms with Gasteiger partial charge in [-0.25, -0.2) is 8.42 Å². The van der Waals surface area contributed by atoms with Gasteiger partial charge in [0.2, 0.25) is 15.9 Å². The number of likely N-dealkylation sites (tertiary alicyclic amines) is 1. The lowest BCUT2D eigenvalue weighted by Gasteiger charge is -2.36. The third-order valence-electron chi connectivity index (χ3n) is 3.97. The molecule has 1 aliphatic heterocycles. The second-order valence-electron chi connectivity index (χ2n) is 5.86. The summed E-state index contributed by atoms with van der Waals surface area (Å²) < 4.78 is 24.8. The monoisotopic (exact) mass is 304 g/mol.